The van der Waals surface area contributed by atoms with Crippen LogP contribution in [0.5, 0.6) is 0 Å². The maximum absolute atomic E-state index is 12.3. The van der Waals surface area contributed by atoms with Gasteiger partial charge in [0, 0.05) is 44.4 Å². The lowest BCUT2D eigenvalue weighted by Gasteiger charge is -2.37. The van der Waals surface area contributed by atoms with E-state index in [9.17, 15) is 14.4 Å². The molecule has 1 aromatic rings. The molecule has 1 fully saturated rings. The average Bonchev–Trinajstić information content (AvgIpc) is 2.97. The highest BCUT2D eigenvalue weighted by Crippen LogP contribution is 2.23. The van der Waals surface area contributed by atoms with Crippen molar-refractivity contribution in [1.29, 1.82) is 0 Å². The van der Waals surface area contributed by atoms with E-state index in [-0.39, 0.29) is 30.4 Å². The predicted molar refractivity (Wildman–Crippen MR) is 95.5 cm³/mol. The van der Waals surface area contributed by atoms with Crippen LogP contribution in [0.4, 0.5) is 0 Å². The summed E-state index contributed by atoms with van der Waals surface area (Å²) in [4.78, 5) is 40.7. The van der Waals surface area contributed by atoms with E-state index in [1.54, 1.807) is 17.0 Å². The second-order valence-electron chi connectivity index (χ2n) is 6.95. The Morgan fingerprint density at radius 3 is 2.12 bits per heavy atom. The molecule has 0 aliphatic carbocycles. The molecule has 1 aliphatic rings. The van der Waals surface area contributed by atoms with E-state index >= 15 is 0 Å². The first-order valence-corrected chi connectivity index (χ1v) is 9.23. The van der Waals surface area contributed by atoms with E-state index < -0.39 is 5.41 Å². The van der Waals surface area contributed by atoms with Crippen LogP contribution in [-0.2, 0) is 9.59 Å². The van der Waals surface area contributed by atoms with Crippen LogP contribution in [0.3, 0.4) is 0 Å². The molecule has 0 atom stereocenters. The number of thiophene rings is 1. The second kappa shape index (κ2) is 7.66. The van der Waals surface area contributed by atoms with Crippen molar-refractivity contribution in [2.75, 3.05) is 26.2 Å². The first kappa shape index (κ1) is 18.9. The Balaban J connectivity index is 1.79. The van der Waals surface area contributed by atoms with E-state index in [4.69, 9.17) is 11.6 Å². The Kier molecular flexibility index (Phi) is 6.04. The van der Waals surface area contributed by atoms with Crippen LogP contribution < -0.4 is 0 Å². The fraction of sp³-hybridized carbons (Fsp3) is 0.588. The molecule has 0 aromatic carbocycles. The van der Waals surface area contributed by atoms with Gasteiger partial charge in [-0.2, -0.15) is 0 Å². The molecule has 0 radical (unpaired) electrons. The molecule has 2 heterocycles. The lowest BCUT2D eigenvalue weighted by molar-refractivity contribution is -0.144. The number of carbonyl (C=O) groups excluding carboxylic acids is 3. The minimum absolute atomic E-state index is 0.0335. The fourth-order valence-corrected chi connectivity index (χ4v) is 3.61. The van der Waals surface area contributed by atoms with Gasteiger partial charge in [-0.25, -0.2) is 0 Å². The van der Waals surface area contributed by atoms with Crippen molar-refractivity contribution in [3.8, 4) is 0 Å². The molecule has 2 rings (SSSR count). The topological polar surface area (TPSA) is 57.7 Å². The average molecular weight is 371 g/mol. The molecule has 1 aromatic heterocycles. The maximum atomic E-state index is 12.3. The van der Waals surface area contributed by atoms with Gasteiger partial charge in [0.2, 0.25) is 11.8 Å². The summed E-state index contributed by atoms with van der Waals surface area (Å²) >= 11 is 7.05. The van der Waals surface area contributed by atoms with Gasteiger partial charge in [-0.15, -0.1) is 11.3 Å². The molecule has 24 heavy (non-hydrogen) atoms. The lowest BCUT2D eigenvalue weighted by atomic mass is 9.94. The van der Waals surface area contributed by atoms with Crippen LogP contribution >= 0.6 is 22.9 Å². The molecular weight excluding hydrogens is 348 g/mol. The first-order chi connectivity index (χ1) is 11.2. The van der Waals surface area contributed by atoms with Gasteiger partial charge in [-0.05, 0) is 12.1 Å². The van der Waals surface area contributed by atoms with E-state index in [2.05, 4.69) is 0 Å². The third kappa shape index (κ3) is 4.80. The van der Waals surface area contributed by atoms with Crippen molar-refractivity contribution in [2.45, 2.75) is 33.6 Å². The fourth-order valence-electron chi connectivity index (χ4n) is 2.60. The summed E-state index contributed by atoms with van der Waals surface area (Å²) in [5, 5.41) is 0. The number of halogens is 1. The lowest BCUT2D eigenvalue weighted by Crippen LogP contribution is -2.53. The van der Waals surface area contributed by atoms with Crippen molar-refractivity contribution < 1.29 is 14.4 Å². The van der Waals surface area contributed by atoms with Crippen LogP contribution in [0.15, 0.2) is 12.1 Å². The molecule has 2 amide bonds. The number of carbonyl (C=O) groups is 3. The van der Waals surface area contributed by atoms with Gasteiger partial charge in [0.1, 0.15) is 0 Å². The van der Waals surface area contributed by atoms with E-state index in [1.165, 1.54) is 11.3 Å². The van der Waals surface area contributed by atoms with Crippen molar-refractivity contribution in [2.24, 2.45) is 5.41 Å². The molecule has 5 nitrogen and oxygen atoms in total. The monoisotopic (exact) mass is 370 g/mol. The first-order valence-electron chi connectivity index (χ1n) is 8.04. The number of hydrogen-bond donors (Lipinski definition) is 0. The van der Waals surface area contributed by atoms with E-state index in [0.717, 1.165) is 0 Å². The van der Waals surface area contributed by atoms with Crippen molar-refractivity contribution in [1.82, 2.24) is 9.80 Å². The van der Waals surface area contributed by atoms with Gasteiger partial charge in [0.05, 0.1) is 9.21 Å². The molecule has 0 saturated carbocycles. The molecule has 0 spiro atoms. The number of amides is 2. The third-order valence-electron chi connectivity index (χ3n) is 3.98. The molecular formula is C17H23ClN2O3S. The highest BCUT2D eigenvalue weighted by molar-refractivity contribution is 7.18. The van der Waals surface area contributed by atoms with Gasteiger partial charge >= 0.3 is 0 Å². The smallest absolute Gasteiger partial charge is 0.228 e. The standard InChI is InChI=1S/C17H23ClN2O3S/c1-17(2,3)16(23)20-10-8-19(9-11-20)15(22)7-4-12(21)13-5-6-14(18)24-13/h5-6H,4,7-11H2,1-3H3. The Morgan fingerprint density at radius 2 is 1.62 bits per heavy atom. The maximum Gasteiger partial charge on any atom is 0.228 e. The normalized spacial score (nSPS) is 15.5. The summed E-state index contributed by atoms with van der Waals surface area (Å²) in [5.41, 5.74) is -0.402. The summed E-state index contributed by atoms with van der Waals surface area (Å²) in [5.74, 6) is 0.0232. The van der Waals surface area contributed by atoms with E-state index in [1.807, 2.05) is 25.7 Å². The molecule has 0 N–H and O–H groups in total. The van der Waals surface area contributed by atoms with Gasteiger partial charge in [0.15, 0.2) is 5.78 Å². The Labute approximate surface area is 151 Å². The quantitative estimate of drug-likeness (QED) is 0.765. The largest absolute Gasteiger partial charge is 0.339 e. The SMILES string of the molecule is CC(C)(C)C(=O)N1CCN(C(=O)CCC(=O)c2ccc(Cl)s2)CC1. The summed E-state index contributed by atoms with van der Waals surface area (Å²) < 4.78 is 0.573. The zero-order valence-electron chi connectivity index (χ0n) is 14.3. The van der Waals surface area contributed by atoms with Crippen molar-refractivity contribution in [3.05, 3.63) is 21.3 Å². The van der Waals surface area contributed by atoms with Gasteiger partial charge in [0.25, 0.3) is 0 Å². The summed E-state index contributed by atoms with van der Waals surface area (Å²) in [6, 6.07) is 3.38. The minimum Gasteiger partial charge on any atom is -0.339 e. The summed E-state index contributed by atoms with van der Waals surface area (Å²) in [6.45, 7) is 7.85. The van der Waals surface area contributed by atoms with Crippen LogP contribution in [0.2, 0.25) is 4.34 Å². The minimum atomic E-state index is -0.402. The zero-order chi connectivity index (χ0) is 17.9. The molecule has 1 aliphatic heterocycles. The predicted octanol–water partition coefficient (Wildman–Crippen LogP) is 3.08. The Morgan fingerprint density at radius 1 is 1.04 bits per heavy atom. The molecule has 0 bridgehead atoms. The molecule has 7 heteroatoms. The molecule has 132 valence electrons. The van der Waals surface area contributed by atoms with Crippen LogP contribution in [0.25, 0.3) is 0 Å². The number of Topliss-reactive ketones (excluding diaryl/α,β-unsaturated/α-hetero) is 1. The van der Waals surface area contributed by atoms with Crippen molar-refractivity contribution >= 4 is 40.5 Å². The van der Waals surface area contributed by atoms with Gasteiger partial charge in [-0.3, -0.25) is 14.4 Å². The molecule has 1 saturated heterocycles. The zero-order valence-corrected chi connectivity index (χ0v) is 15.9. The highest BCUT2D eigenvalue weighted by atomic mass is 35.5. The highest BCUT2D eigenvalue weighted by Gasteiger charge is 2.30. The summed E-state index contributed by atoms with van der Waals surface area (Å²) in [6.07, 6.45) is 0.387. The van der Waals surface area contributed by atoms with Gasteiger partial charge in [-0.1, -0.05) is 32.4 Å². The Hall–Kier alpha value is -1.40. The Bertz CT molecular complexity index is 628. The molecule has 0 unspecified atom stereocenters. The van der Waals surface area contributed by atoms with Crippen LogP contribution in [0, 0.1) is 5.41 Å². The number of rotatable bonds is 4. The number of nitrogens with zero attached hydrogens (tertiary/aromatic N) is 2. The number of ketones is 1. The van der Waals surface area contributed by atoms with Crippen molar-refractivity contribution in [3.63, 3.8) is 0 Å². The summed E-state index contributed by atoms with van der Waals surface area (Å²) in [7, 11) is 0. The second-order valence-corrected chi connectivity index (χ2v) is 8.67. The van der Waals surface area contributed by atoms with Crippen LogP contribution in [0.1, 0.15) is 43.3 Å². The van der Waals surface area contributed by atoms with Gasteiger partial charge < -0.3 is 9.80 Å². The number of hydrogen-bond acceptors (Lipinski definition) is 4. The van der Waals surface area contributed by atoms with Crippen LogP contribution in [-0.4, -0.2) is 53.6 Å². The third-order valence-corrected chi connectivity index (χ3v) is 5.25. The van der Waals surface area contributed by atoms with E-state index in [0.29, 0.717) is 35.4 Å². The number of piperazine rings is 1.